The number of anilines is 2. The van der Waals surface area contributed by atoms with Crippen LogP contribution in [0.5, 0.6) is 11.5 Å². The van der Waals surface area contributed by atoms with Crippen LogP contribution in [0.4, 0.5) is 11.4 Å². The minimum absolute atomic E-state index is 0.813. The number of benzene rings is 7. The average molecular weight is 688 g/mol. The second-order valence-corrected chi connectivity index (χ2v) is 12.6. The summed E-state index contributed by atoms with van der Waals surface area (Å²) in [5.41, 5.74) is 12.2. The van der Waals surface area contributed by atoms with Gasteiger partial charge < -0.3 is 14.4 Å². The normalized spacial score (nSPS) is 10.8. The highest BCUT2D eigenvalue weighted by Crippen LogP contribution is 2.34. The van der Waals surface area contributed by atoms with Crippen LogP contribution in [-0.4, -0.2) is 14.2 Å². The molecule has 0 radical (unpaired) electrons. The Balaban J connectivity index is 1.32. The lowest BCUT2D eigenvalue weighted by molar-refractivity contribution is 0.414. The molecule has 0 aliphatic carbocycles. The summed E-state index contributed by atoms with van der Waals surface area (Å²) in [6.07, 6.45) is 8.78. The van der Waals surface area contributed by atoms with Gasteiger partial charge in [0.25, 0.3) is 0 Å². The number of methoxy groups -OCH3 is 2. The molecule has 0 amide bonds. The summed E-state index contributed by atoms with van der Waals surface area (Å²) in [6.45, 7) is 0. The van der Waals surface area contributed by atoms with E-state index in [1.54, 1.807) is 14.2 Å². The summed E-state index contributed by atoms with van der Waals surface area (Å²) in [5, 5.41) is 0. The first-order valence-corrected chi connectivity index (χ1v) is 17.7. The first-order valence-electron chi connectivity index (χ1n) is 17.7. The van der Waals surface area contributed by atoms with Crippen molar-refractivity contribution in [1.82, 2.24) is 0 Å². The number of hydrogen-bond acceptors (Lipinski definition) is 3. The molecule has 0 atom stereocenters. The lowest BCUT2D eigenvalue weighted by Crippen LogP contribution is -2.10. The van der Waals surface area contributed by atoms with E-state index in [1.807, 2.05) is 30.3 Å². The molecule has 0 saturated carbocycles. The molecule has 258 valence electrons. The van der Waals surface area contributed by atoms with Crippen molar-refractivity contribution in [3.63, 3.8) is 0 Å². The van der Waals surface area contributed by atoms with E-state index in [1.165, 1.54) is 22.3 Å². The molecule has 0 N–H and O–H groups in total. The van der Waals surface area contributed by atoms with E-state index >= 15 is 0 Å². The van der Waals surface area contributed by atoms with Crippen LogP contribution in [0.2, 0.25) is 0 Å². The molecule has 3 heteroatoms. The third-order valence-corrected chi connectivity index (χ3v) is 9.15. The van der Waals surface area contributed by atoms with Gasteiger partial charge in [-0.25, -0.2) is 0 Å². The van der Waals surface area contributed by atoms with Crippen molar-refractivity contribution in [3.05, 3.63) is 233 Å². The lowest BCUT2D eigenvalue weighted by Gasteiger charge is -2.24. The Morgan fingerprint density at radius 3 is 1.19 bits per heavy atom. The standard InChI is InChI=1S/C50H41NO2/c1-52-47-32-24-43(25-33-47)50(44-26-34-48(53-2)35-27-44)37-51(45-28-20-39(21-29-45)19-18-38-12-6-3-7-13-38)46-30-22-40(23-31-46)36-49(41-14-8-4-9-15-41)42-16-10-5-11-17-42/h3-37H,1-2H3/b19-18-. The van der Waals surface area contributed by atoms with Crippen molar-refractivity contribution in [1.29, 1.82) is 0 Å². The Morgan fingerprint density at radius 2 is 0.755 bits per heavy atom. The Labute approximate surface area is 313 Å². The molecule has 0 aliphatic rings. The maximum absolute atomic E-state index is 5.50. The molecule has 0 aliphatic heterocycles. The second-order valence-electron chi connectivity index (χ2n) is 12.6. The van der Waals surface area contributed by atoms with Gasteiger partial charge in [0.15, 0.2) is 0 Å². The first kappa shape index (κ1) is 34.6. The molecular weight excluding hydrogens is 647 g/mol. The predicted molar refractivity (Wildman–Crippen MR) is 223 cm³/mol. The topological polar surface area (TPSA) is 21.7 Å². The summed E-state index contributed by atoms with van der Waals surface area (Å²) in [5.74, 6) is 1.63. The SMILES string of the molecule is COc1ccc(C(=CN(c2ccc(C=C(c3ccccc3)c3ccccc3)cc2)c2ccc(/C=C\c3ccccc3)cc2)c2ccc(OC)cc2)cc1. The fraction of sp³-hybridized carbons (Fsp3) is 0.0400. The van der Waals surface area contributed by atoms with Crippen LogP contribution in [0.15, 0.2) is 194 Å². The molecule has 0 saturated heterocycles. The van der Waals surface area contributed by atoms with Gasteiger partial charge in [-0.05, 0) is 99.1 Å². The summed E-state index contributed by atoms with van der Waals surface area (Å²) >= 11 is 0. The molecule has 0 unspecified atom stereocenters. The van der Waals surface area contributed by atoms with E-state index in [9.17, 15) is 0 Å². The van der Waals surface area contributed by atoms with E-state index < -0.39 is 0 Å². The summed E-state index contributed by atoms with van der Waals surface area (Å²) in [6, 6.07) is 65.4. The van der Waals surface area contributed by atoms with Gasteiger partial charge in [-0.2, -0.15) is 0 Å². The van der Waals surface area contributed by atoms with E-state index in [-0.39, 0.29) is 0 Å². The highest BCUT2D eigenvalue weighted by Gasteiger charge is 2.14. The molecule has 7 aromatic carbocycles. The van der Waals surface area contributed by atoms with Crippen molar-refractivity contribution < 1.29 is 9.47 Å². The first-order chi connectivity index (χ1) is 26.2. The van der Waals surface area contributed by atoms with Gasteiger partial charge in [0, 0.05) is 23.1 Å². The van der Waals surface area contributed by atoms with E-state index in [2.05, 4.69) is 187 Å². The van der Waals surface area contributed by atoms with Gasteiger partial charge in [0.05, 0.1) is 14.2 Å². The van der Waals surface area contributed by atoms with Crippen molar-refractivity contribution >= 4 is 40.7 Å². The molecule has 0 heterocycles. The Hall–Kier alpha value is -6.84. The second kappa shape index (κ2) is 16.9. The van der Waals surface area contributed by atoms with Crippen LogP contribution >= 0.6 is 0 Å². The quantitative estimate of drug-likeness (QED) is 0.119. The van der Waals surface area contributed by atoms with Crippen LogP contribution in [0, 0.1) is 0 Å². The lowest BCUT2D eigenvalue weighted by atomic mass is 9.95. The highest BCUT2D eigenvalue weighted by molar-refractivity contribution is 5.92. The molecular formula is C50H41NO2. The molecule has 53 heavy (non-hydrogen) atoms. The largest absolute Gasteiger partial charge is 0.497 e. The van der Waals surface area contributed by atoms with Crippen LogP contribution in [0.25, 0.3) is 29.4 Å². The van der Waals surface area contributed by atoms with Crippen molar-refractivity contribution in [3.8, 4) is 11.5 Å². The molecule has 7 rings (SSSR count). The van der Waals surface area contributed by atoms with Crippen molar-refractivity contribution in [2.75, 3.05) is 19.1 Å². The zero-order chi connectivity index (χ0) is 36.2. The number of ether oxygens (including phenoxy) is 2. The molecule has 7 aromatic rings. The van der Waals surface area contributed by atoms with Gasteiger partial charge >= 0.3 is 0 Å². The highest BCUT2D eigenvalue weighted by atomic mass is 16.5. The van der Waals surface area contributed by atoms with Crippen LogP contribution in [0.1, 0.15) is 38.9 Å². The van der Waals surface area contributed by atoms with Gasteiger partial charge in [-0.15, -0.1) is 0 Å². The predicted octanol–water partition coefficient (Wildman–Crippen LogP) is 12.7. The summed E-state index contributed by atoms with van der Waals surface area (Å²) in [4.78, 5) is 2.26. The van der Waals surface area contributed by atoms with Crippen molar-refractivity contribution in [2.24, 2.45) is 0 Å². The van der Waals surface area contributed by atoms with Gasteiger partial charge in [-0.1, -0.05) is 152 Å². The third kappa shape index (κ3) is 8.73. The zero-order valence-corrected chi connectivity index (χ0v) is 30.0. The fourth-order valence-electron chi connectivity index (χ4n) is 6.25. The number of hydrogen-bond donors (Lipinski definition) is 0. The molecule has 0 fully saturated rings. The van der Waals surface area contributed by atoms with Gasteiger partial charge in [-0.3, -0.25) is 0 Å². The smallest absolute Gasteiger partial charge is 0.118 e. The summed E-state index contributed by atoms with van der Waals surface area (Å²) in [7, 11) is 3.38. The van der Waals surface area contributed by atoms with Crippen molar-refractivity contribution in [2.45, 2.75) is 0 Å². The summed E-state index contributed by atoms with van der Waals surface area (Å²) < 4.78 is 11.0. The van der Waals surface area contributed by atoms with Crippen LogP contribution in [-0.2, 0) is 0 Å². The Bertz CT molecular complexity index is 2200. The van der Waals surface area contributed by atoms with E-state index in [0.717, 1.165) is 50.7 Å². The van der Waals surface area contributed by atoms with Gasteiger partial charge in [0.1, 0.15) is 11.5 Å². The third-order valence-electron chi connectivity index (χ3n) is 9.15. The maximum atomic E-state index is 5.50. The van der Waals surface area contributed by atoms with E-state index in [4.69, 9.17) is 9.47 Å². The van der Waals surface area contributed by atoms with Crippen LogP contribution in [0.3, 0.4) is 0 Å². The molecule has 0 spiro atoms. The minimum atomic E-state index is 0.813. The monoisotopic (exact) mass is 687 g/mol. The zero-order valence-electron chi connectivity index (χ0n) is 30.0. The van der Waals surface area contributed by atoms with E-state index in [0.29, 0.717) is 0 Å². The number of nitrogens with zero attached hydrogens (tertiary/aromatic N) is 1. The molecule has 3 nitrogen and oxygen atoms in total. The van der Waals surface area contributed by atoms with Gasteiger partial charge in [0.2, 0.25) is 0 Å². The maximum Gasteiger partial charge on any atom is 0.118 e. The van der Waals surface area contributed by atoms with Crippen LogP contribution < -0.4 is 14.4 Å². The Kier molecular flexibility index (Phi) is 11.0. The molecule has 0 bridgehead atoms. The Morgan fingerprint density at radius 1 is 0.377 bits per heavy atom. The minimum Gasteiger partial charge on any atom is -0.497 e. The average Bonchev–Trinajstić information content (AvgIpc) is 3.24. The number of rotatable bonds is 12. The molecule has 0 aromatic heterocycles. The fourth-order valence-corrected chi connectivity index (χ4v) is 6.25.